The van der Waals surface area contributed by atoms with Crippen LogP contribution in [0.25, 0.3) is 0 Å². The topological polar surface area (TPSA) is 74.0 Å². The van der Waals surface area contributed by atoms with E-state index in [1.165, 1.54) is 0 Å². The molecule has 0 unspecified atom stereocenters. The summed E-state index contributed by atoms with van der Waals surface area (Å²) in [6.45, 7) is 3.48. The van der Waals surface area contributed by atoms with E-state index < -0.39 is 0 Å². The van der Waals surface area contributed by atoms with Gasteiger partial charge in [-0.05, 0) is 11.1 Å². The van der Waals surface area contributed by atoms with Gasteiger partial charge in [-0.3, -0.25) is 4.99 Å². The van der Waals surface area contributed by atoms with Crippen LogP contribution in [0.5, 0.6) is 5.75 Å². The van der Waals surface area contributed by atoms with Gasteiger partial charge in [-0.2, -0.15) is 0 Å². The number of phenolic OH excluding ortho intramolecular Hbond substituents is 1. The van der Waals surface area contributed by atoms with Gasteiger partial charge in [-0.25, -0.2) is 4.58 Å². The Morgan fingerprint density at radius 2 is 2.33 bits per heavy atom. The standard InChI is InChI=1S/C10H10N4O/c1-5-13-8-9-7(4-6(11)10(8)15)12-2-3-14(5)9/h4H,2-3H2,1H3,(H2,11,12)/p+1. The first kappa shape index (κ1) is 8.40. The molecule has 0 aromatic heterocycles. The van der Waals surface area contributed by atoms with Crippen molar-refractivity contribution < 1.29 is 5.11 Å². The zero-order valence-electron chi connectivity index (χ0n) is 8.36. The molecule has 3 rings (SSSR count). The van der Waals surface area contributed by atoms with Crippen molar-refractivity contribution in [1.82, 2.24) is 4.58 Å². The number of nitrogen functional groups attached to an aromatic ring is 1. The third-order valence-corrected chi connectivity index (χ3v) is 2.80. The van der Waals surface area contributed by atoms with Gasteiger partial charge in [0.15, 0.2) is 5.75 Å². The Kier molecular flexibility index (Phi) is 1.44. The van der Waals surface area contributed by atoms with Gasteiger partial charge in [0.2, 0.25) is 5.36 Å². The summed E-state index contributed by atoms with van der Waals surface area (Å²) in [6.07, 6.45) is 0. The van der Waals surface area contributed by atoms with Gasteiger partial charge in [-0.1, -0.05) is 0 Å². The molecule has 2 heterocycles. The predicted molar refractivity (Wildman–Crippen MR) is 57.0 cm³/mol. The lowest BCUT2D eigenvalue weighted by Crippen LogP contribution is -2.44. The Balaban J connectivity index is 2.58. The molecule has 76 valence electrons. The molecule has 0 fully saturated rings. The Labute approximate surface area is 85.9 Å². The number of benzene rings is 1. The van der Waals surface area contributed by atoms with E-state index in [4.69, 9.17) is 5.73 Å². The molecule has 0 saturated carbocycles. The zero-order chi connectivity index (χ0) is 10.6. The van der Waals surface area contributed by atoms with Crippen molar-refractivity contribution in [2.75, 3.05) is 18.8 Å². The molecule has 1 aromatic carbocycles. The number of anilines is 1. The fraction of sp³-hybridized carbons (Fsp3) is 0.300. The summed E-state index contributed by atoms with van der Waals surface area (Å²) in [6, 6.07) is 1.70. The van der Waals surface area contributed by atoms with Crippen molar-refractivity contribution in [3.8, 4) is 5.75 Å². The first-order chi connectivity index (χ1) is 7.18. The second-order valence-electron chi connectivity index (χ2n) is 3.72. The minimum Gasteiger partial charge on any atom is -0.502 e. The number of phenols is 1. The smallest absolute Gasteiger partial charge is 0.297 e. The molecule has 15 heavy (non-hydrogen) atoms. The molecule has 1 aromatic rings. The van der Waals surface area contributed by atoms with Gasteiger partial charge in [-0.15, -0.1) is 0 Å². The van der Waals surface area contributed by atoms with Crippen LogP contribution in [0.2, 0.25) is 0 Å². The minimum absolute atomic E-state index is 0.0627. The maximum atomic E-state index is 9.80. The summed E-state index contributed by atoms with van der Waals surface area (Å²) in [5.74, 6) is 0.953. The molecule has 0 bridgehead atoms. The Morgan fingerprint density at radius 1 is 1.53 bits per heavy atom. The van der Waals surface area contributed by atoms with Gasteiger partial charge in [0.1, 0.15) is 11.9 Å². The van der Waals surface area contributed by atoms with Gasteiger partial charge in [0, 0.05) is 6.92 Å². The van der Waals surface area contributed by atoms with Crippen molar-refractivity contribution in [3.63, 3.8) is 0 Å². The summed E-state index contributed by atoms with van der Waals surface area (Å²) in [4.78, 5) is 8.69. The van der Waals surface area contributed by atoms with Crippen LogP contribution in [0.3, 0.4) is 0 Å². The molecule has 2 aliphatic heterocycles. The molecule has 0 saturated heterocycles. The van der Waals surface area contributed by atoms with Gasteiger partial charge in [0.05, 0.1) is 12.2 Å². The second-order valence-corrected chi connectivity index (χ2v) is 3.72. The molecule has 0 atom stereocenters. The van der Waals surface area contributed by atoms with E-state index in [9.17, 15) is 5.11 Å². The quantitative estimate of drug-likeness (QED) is 0.328. The summed E-state index contributed by atoms with van der Waals surface area (Å²) in [5.41, 5.74) is 6.59. The molecule has 0 spiro atoms. The van der Waals surface area contributed by atoms with E-state index in [2.05, 4.69) is 14.6 Å². The third-order valence-electron chi connectivity index (χ3n) is 2.80. The molecule has 0 aliphatic carbocycles. The monoisotopic (exact) mass is 203 g/mol. The van der Waals surface area contributed by atoms with E-state index in [1.807, 2.05) is 6.92 Å². The molecule has 5 heteroatoms. The highest BCUT2D eigenvalue weighted by Crippen LogP contribution is 2.28. The number of nitrogens with two attached hydrogens (primary N) is 1. The highest BCUT2D eigenvalue weighted by Gasteiger charge is 2.29. The van der Waals surface area contributed by atoms with E-state index in [1.54, 1.807) is 6.07 Å². The Bertz CT molecular complexity index is 615. The maximum absolute atomic E-state index is 9.80. The number of rotatable bonds is 0. The van der Waals surface area contributed by atoms with Gasteiger partial charge < -0.3 is 10.8 Å². The summed E-state index contributed by atoms with van der Waals surface area (Å²) in [7, 11) is 0. The number of amidine groups is 1. The number of aromatic hydroxyl groups is 1. The van der Waals surface area contributed by atoms with Crippen LogP contribution < -0.4 is 21.0 Å². The average Bonchev–Trinajstić information content (AvgIpc) is 2.55. The highest BCUT2D eigenvalue weighted by molar-refractivity contribution is 5.89. The van der Waals surface area contributed by atoms with Crippen molar-refractivity contribution in [1.29, 1.82) is 0 Å². The van der Waals surface area contributed by atoms with E-state index in [0.29, 0.717) is 11.4 Å². The Hall–Kier alpha value is -1.91. The van der Waals surface area contributed by atoms with E-state index in [0.717, 1.165) is 29.6 Å². The van der Waals surface area contributed by atoms with Crippen LogP contribution in [0.1, 0.15) is 6.92 Å². The van der Waals surface area contributed by atoms with Crippen LogP contribution in [-0.2, 0) is 0 Å². The highest BCUT2D eigenvalue weighted by atomic mass is 16.3. The molecule has 5 nitrogen and oxygen atoms in total. The van der Waals surface area contributed by atoms with Crippen LogP contribution in [0.4, 0.5) is 11.4 Å². The summed E-state index contributed by atoms with van der Waals surface area (Å²) in [5, 5.41) is 11.5. The lowest BCUT2D eigenvalue weighted by Gasteiger charge is -2.04. The van der Waals surface area contributed by atoms with Crippen LogP contribution in [0.15, 0.2) is 16.1 Å². The number of hydrogen-bond donors (Lipinski definition) is 2. The van der Waals surface area contributed by atoms with Crippen molar-refractivity contribution in [2.24, 2.45) is 9.98 Å². The molecule has 2 aliphatic rings. The average molecular weight is 203 g/mol. The molecular formula is C10H11N4O+. The largest absolute Gasteiger partial charge is 0.502 e. The fourth-order valence-corrected chi connectivity index (χ4v) is 2.07. The predicted octanol–water partition coefficient (Wildman–Crippen LogP) is -0.838. The van der Waals surface area contributed by atoms with Gasteiger partial charge in [0.25, 0.3) is 11.5 Å². The first-order valence-corrected chi connectivity index (χ1v) is 4.84. The number of aliphatic imine (C=N–C) groups is 1. The minimum atomic E-state index is 0.0627. The normalized spacial score (nSPS) is 17.1. The maximum Gasteiger partial charge on any atom is 0.297 e. The van der Waals surface area contributed by atoms with E-state index >= 15 is 0 Å². The second kappa shape index (κ2) is 2.56. The summed E-state index contributed by atoms with van der Waals surface area (Å²) >= 11 is 0. The molecular weight excluding hydrogens is 192 g/mol. The summed E-state index contributed by atoms with van der Waals surface area (Å²) < 4.78 is 2.07. The van der Waals surface area contributed by atoms with Crippen LogP contribution in [0, 0.1) is 0 Å². The first-order valence-electron chi connectivity index (χ1n) is 4.84. The van der Waals surface area contributed by atoms with E-state index in [-0.39, 0.29) is 5.75 Å². The van der Waals surface area contributed by atoms with Crippen molar-refractivity contribution in [2.45, 2.75) is 6.92 Å². The van der Waals surface area contributed by atoms with Crippen molar-refractivity contribution in [3.05, 3.63) is 16.8 Å². The molecule has 0 radical (unpaired) electrons. The number of hydrogen-bond acceptors (Lipinski definition) is 4. The third kappa shape index (κ3) is 0.945. The molecule has 0 amide bonds. The fourth-order valence-electron chi connectivity index (χ4n) is 2.07. The van der Waals surface area contributed by atoms with Crippen LogP contribution in [-0.4, -0.2) is 24.0 Å². The SMILES string of the molecule is CC1=Nc2c(O)c(N)cc3c2=[N+]1CCN=3. The number of nitrogens with zero attached hydrogens (tertiary/aromatic N) is 3. The van der Waals surface area contributed by atoms with Gasteiger partial charge >= 0.3 is 0 Å². The molecule has 3 N–H and O–H groups in total. The van der Waals surface area contributed by atoms with Crippen molar-refractivity contribution >= 4 is 17.2 Å². The lowest BCUT2D eigenvalue weighted by molar-refractivity contribution is 0.478. The zero-order valence-corrected chi connectivity index (χ0v) is 8.36. The Morgan fingerprint density at radius 3 is 3.13 bits per heavy atom. The van der Waals surface area contributed by atoms with Crippen LogP contribution >= 0.6 is 0 Å². The lowest BCUT2D eigenvalue weighted by atomic mass is 10.2.